The highest BCUT2D eigenvalue weighted by atomic mass is 35.5. The van der Waals surface area contributed by atoms with Crippen LogP contribution in [0.2, 0.25) is 5.02 Å². The maximum atomic E-state index is 13.7. The van der Waals surface area contributed by atoms with Crippen LogP contribution in [0.15, 0.2) is 30.2 Å². The fourth-order valence-electron chi connectivity index (χ4n) is 5.06. The number of aromatic nitrogens is 6. The highest BCUT2D eigenvalue weighted by Crippen LogP contribution is 2.46. The first-order chi connectivity index (χ1) is 17.0. The molecule has 3 aliphatic rings. The molecular weight excluding hydrogens is 490 g/mol. The lowest BCUT2D eigenvalue weighted by molar-refractivity contribution is -0.146. The molecule has 184 valence electrons. The van der Waals surface area contributed by atoms with Crippen molar-refractivity contribution in [3.8, 4) is 0 Å². The minimum Gasteiger partial charge on any atom is -0.345 e. The van der Waals surface area contributed by atoms with Gasteiger partial charge in [-0.2, -0.15) is 5.10 Å². The highest BCUT2D eigenvalue weighted by Gasteiger charge is 2.57. The van der Waals surface area contributed by atoms with Crippen LogP contribution in [0.5, 0.6) is 0 Å². The average Bonchev–Trinajstić information content (AvgIpc) is 3.41. The Morgan fingerprint density at radius 1 is 1.14 bits per heavy atom. The van der Waals surface area contributed by atoms with E-state index in [0.29, 0.717) is 56.2 Å². The Labute approximate surface area is 211 Å². The van der Waals surface area contributed by atoms with E-state index in [0.717, 1.165) is 24.6 Å². The summed E-state index contributed by atoms with van der Waals surface area (Å²) in [5, 5.41) is 16.2. The number of anilines is 1. The summed E-state index contributed by atoms with van der Waals surface area (Å²) in [4.78, 5) is 37.5. The van der Waals surface area contributed by atoms with Gasteiger partial charge >= 0.3 is 0 Å². The molecule has 3 aromatic rings. The second-order valence-electron chi connectivity index (χ2n) is 9.33. The van der Waals surface area contributed by atoms with Gasteiger partial charge < -0.3 is 14.7 Å². The third kappa shape index (κ3) is 4.18. The van der Waals surface area contributed by atoms with Gasteiger partial charge in [0.05, 0.1) is 24.0 Å². The molecule has 13 heteroatoms. The lowest BCUT2D eigenvalue weighted by atomic mass is 10.1. The van der Waals surface area contributed by atoms with Crippen molar-refractivity contribution < 1.29 is 9.59 Å². The van der Waals surface area contributed by atoms with Crippen LogP contribution < -0.4 is 4.90 Å². The molecule has 2 aliphatic heterocycles. The van der Waals surface area contributed by atoms with Crippen molar-refractivity contribution in [1.29, 1.82) is 0 Å². The molecule has 0 bridgehead atoms. The summed E-state index contributed by atoms with van der Waals surface area (Å²) >= 11 is 7.56. The lowest BCUT2D eigenvalue weighted by Gasteiger charge is -2.37. The van der Waals surface area contributed by atoms with E-state index in [9.17, 15) is 9.59 Å². The average molecular weight is 516 g/mol. The smallest absolute Gasteiger partial charge is 0.251 e. The summed E-state index contributed by atoms with van der Waals surface area (Å²) < 4.78 is 3.37. The molecule has 2 amide bonds. The molecule has 0 radical (unpaired) electrons. The van der Waals surface area contributed by atoms with Crippen molar-refractivity contribution in [2.24, 2.45) is 0 Å². The van der Waals surface area contributed by atoms with Crippen LogP contribution in [0.4, 0.5) is 5.13 Å². The van der Waals surface area contributed by atoms with Crippen LogP contribution in [-0.2, 0) is 21.7 Å². The van der Waals surface area contributed by atoms with Gasteiger partial charge in [-0.05, 0) is 25.7 Å². The molecule has 35 heavy (non-hydrogen) atoms. The van der Waals surface area contributed by atoms with E-state index in [1.807, 2.05) is 16.5 Å². The lowest BCUT2D eigenvalue weighted by Crippen LogP contribution is -2.56. The maximum Gasteiger partial charge on any atom is 0.251 e. The molecule has 6 rings (SSSR count). The number of hydrogen-bond donors (Lipinski definition) is 0. The number of rotatable bonds is 6. The molecule has 0 spiro atoms. The van der Waals surface area contributed by atoms with Crippen LogP contribution in [0.1, 0.15) is 31.4 Å². The van der Waals surface area contributed by atoms with E-state index in [-0.39, 0.29) is 11.8 Å². The quantitative estimate of drug-likeness (QED) is 0.489. The Morgan fingerprint density at radius 2 is 1.97 bits per heavy atom. The number of carbonyl (C=O) groups is 2. The minimum atomic E-state index is -0.737. The van der Waals surface area contributed by atoms with E-state index < -0.39 is 11.6 Å². The summed E-state index contributed by atoms with van der Waals surface area (Å²) in [6, 6.07) is -0.402. The topological polar surface area (TPSA) is 105 Å². The molecular formula is C22H26ClN9O2S. The Morgan fingerprint density at radius 3 is 2.66 bits per heavy atom. The van der Waals surface area contributed by atoms with Crippen molar-refractivity contribution in [1.82, 2.24) is 39.6 Å². The van der Waals surface area contributed by atoms with Crippen molar-refractivity contribution in [2.75, 3.05) is 37.6 Å². The van der Waals surface area contributed by atoms with Crippen LogP contribution in [0.3, 0.4) is 0 Å². The van der Waals surface area contributed by atoms with Crippen molar-refractivity contribution in [3.05, 3.63) is 40.9 Å². The van der Waals surface area contributed by atoms with Gasteiger partial charge in [-0.25, -0.2) is 9.67 Å². The van der Waals surface area contributed by atoms with Gasteiger partial charge in [0.25, 0.3) is 5.91 Å². The zero-order valence-corrected chi connectivity index (χ0v) is 20.7. The van der Waals surface area contributed by atoms with E-state index in [1.165, 1.54) is 0 Å². The predicted octanol–water partition coefficient (Wildman–Crippen LogP) is 1.46. The number of thiazole rings is 1. The van der Waals surface area contributed by atoms with Gasteiger partial charge in [0.1, 0.15) is 17.3 Å². The first-order valence-corrected chi connectivity index (χ1v) is 13.1. The van der Waals surface area contributed by atoms with E-state index in [4.69, 9.17) is 11.6 Å². The van der Waals surface area contributed by atoms with Gasteiger partial charge in [0.2, 0.25) is 5.91 Å². The molecule has 1 atom stereocenters. The molecule has 3 fully saturated rings. The standard InChI is InChI=1S/C22H26ClN9O2S/c23-16-12-25-30(13-16)14-17-15-32(27-26-17)22(3-4-22)20(34)31-6-1-2-18(31)19(33)28-7-9-29(10-8-28)21-24-5-11-35-21/h5,11-13,15,18H,1-4,6-10,14H2/t18-/m0/s1. The fourth-order valence-corrected chi connectivity index (χ4v) is 5.92. The largest absolute Gasteiger partial charge is 0.345 e. The number of hydrogen-bond acceptors (Lipinski definition) is 8. The normalized spacial score (nSPS) is 21.5. The first-order valence-electron chi connectivity index (χ1n) is 11.9. The summed E-state index contributed by atoms with van der Waals surface area (Å²) in [6.45, 7) is 3.83. The van der Waals surface area contributed by atoms with Crippen LogP contribution in [0.25, 0.3) is 0 Å². The molecule has 5 heterocycles. The number of amides is 2. The van der Waals surface area contributed by atoms with Gasteiger partial charge in [-0.3, -0.25) is 14.3 Å². The number of likely N-dealkylation sites (tertiary alicyclic amines) is 1. The maximum absolute atomic E-state index is 13.7. The summed E-state index contributed by atoms with van der Waals surface area (Å²) in [5.74, 6) is 0.0358. The van der Waals surface area contributed by atoms with Gasteiger partial charge in [-0.1, -0.05) is 16.8 Å². The first kappa shape index (κ1) is 22.5. The molecule has 2 saturated heterocycles. The molecule has 0 N–H and O–H groups in total. The monoisotopic (exact) mass is 515 g/mol. The Kier molecular flexibility index (Phi) is 5.72. The number of piperazine rings is 1. The fraction of sp³-hybridized carbons (Fsp3) is 0.545. The summed E-state index contributed by atoms with van der Waals surface area (Å²) in [5.41, 5.74) is -0.0321. The molecule has 3 aromatic heterocycles. The van der Waals surface area contributed by atoms with E-state index in [2.05, 4.69) is 25.3 Å². The molecule has 11 nitrogen and oxygen atoms in total. The van der Waals surface area contributed by atoms with Crippen molar-refractivity contribution in [2.45, 2.75) is 43.8 Å². The molecule has 1 saturated carbocycles. The third-order valence-corrected chi connectivity index (χ3v) is 8.13. The van der Waals surface area contributed by atoms with Crippen LogP contribution in [-0.4, -0.2) is 90.1 Å². The highest BCUT2D eigenvalue weighted by molar-refractivity contribution is 7.13. The zero-order valence-electron chi connectivity index (χ0n) is 19.2. The molecule has 0 aromatic carbocycles. The third-order valence-electron chi connectivity index (χ3n) is 7.11. The SMILES string of the molecule is O=C([C@@H]1CCCN1C(=O)C1(n2cc(Cn3cc(Cl)cn3)nn2)CC1)N1CCN(c2nccs2)CC1. The molecule has 0 unspecified atom stereocenters. The van der Waals surface area contributed by atoms with Crippen LogP contribution >= 0.6 is 22.9 Å². The number of carbonyl (C=O) groups excluding carboxylic acids is 2. The summed E-state index contributed by atoms with van der Waals surface area (Å²) in [7, 11) is 0. The number of nitrogens with zero attached hydrogens (tertiary/aromatic N) is 9. The number of halogens is 1. The van der Waals surface area contributed by atoms with Gasteiger partial charge in [0.15, 0.2) is 5.13 Å². The Hall–Kier alpha value is -2.99. The van der Waals surface area contributed by atoms with Crippen molar-refractivity contribution in [3.63, 3.8) is 0 Å². The van der Waals surface area contributed by atoms with E-state index >= 15 is 0 Å². The Balaban J connectivity index is 1.12. The van der Waals surface area contributed by atoms with Crippen molar-refractivity contribution >= 4 is 39.9 Å². The van der Waals surface area contributed by atoms with Crippen LogP contribution in [0, 0.1) is 0 Å². The van der Waals surface area contributed by atoms with E-state index in [1.54, 1.807) is 44.2 Å². The Bertz CT molecular complexity index is 1210. The zero-order chi connectivity index (χ0) is 24.0. The predicted molar refractivity (Wildman–Crippen MR) is 129 cm³/mol. The second kappa shape index (κ2) is 8.90. The minimum absolute atomic E-state index is 0.0200. The summed E-state index contributed by atoms with van der Waals surface area (Å²) in [6.07, 6.45) is 9.84. The van der Waals surface area contributed by atoms with Gasteiger partial charge in [-0.15, -0.1) is 16.4 Å². The van der Waals surface area contributed by atoms with Gasteiger partial charge in [0, 0.05) is 50.5 Å². The second-order valence-corrected chi connectivity index (χ2v) is 10.6. The molecule has 1 aliphatic carbocycles.